The first-order valence-electron chi connectivity index (χ1n) is 6.44. The standard InChI is InChI=1S/C14H19BrN2O/c1-2-16-7-9-17(10-8-16)14(18)11-12-5-3-4-6-13(12)15/h3-6H,2,7-11H2,1H3. The van der Waals surface area contributed by atoms with Crippen LogP contribution in [0, 0.1) is 0 Å². The largest absolute Gasteiger partial charge is 0.340 e. The van der Waals surface area contributed by atoms with Crippen molar-refractivity contribution in [3.8, 4) is 0 Å². The second-order valence-electron chi connectivity index (χ2n) is 4.58. The lowest BCUT2D eigenvalue weighted by molar-refractivity contribution is -0.132. The molecule has 3 nitrogen and oxygen atoms in total. The third-order valence-electron chi connectivity index (χ3n) is 3.47. The molecule has 98 valence electrons. The first-order chi connectivity index (χ1) is 8.70. The van der Waals surface area contributed by atoms with Crippen LogP contribution < -0.4 is 0 Å². The summed E-state index contributed by atoms with van der Waals surface area (Å²) in [6.07, 6.45) is 0.494. The summed E-state index contributed by atoms with van der Waals surface area (Å²) in [6, 6.07) is 7.93. The molecule has 1 heterocycles. The maximum absolute atomic E-state index is 12.2. The van der Waals surface area contributed by atoms with E-state index in [1.807, 2.05) is 29.2 Å². The van der Waals surface area contributed by atoms with Gasteiger partial charge in [-0.25, -0.2) is 0 Å². The highest BCUT2D eigenvalue weighted by atomic mass is 79.9. The van der Waals surface area contributed by atoms with E-state index in [4.69, 9.17) is 0 Å². The van der Waals surface area contributed by atoms with Gasteiger partial charge in [0.25, 0.3) is 0 Å². The molecular formula is C14H19BrN2O. The fraction of sp³-hybridized carbons (Fsp3) is 0.500. The van der Waals surface area contributed by atoms with Crippen LogP contribution in [0.5, 0.6) is 0 Å². The second kappa shape index (κ2) is 6.34. The predicted octanol–water partition coefficient (Wildman–Crippen LogP) is 2.16. The van der Waals surface area contributed by atoms with Gasteiger partial charge in [-0.15, -0.1) is 0 Å². The smallest absolute Gasteiger partial charge is 0.227 e. The molecule has 2 rings (SSSR count). The van der Waals surface area contributed by atoms with Crippen LogP contribution in [0.25, 0.3) is 0 Å². The van der Waals surface area contributed by atoms with Gasteiger partial charge in [0.15, 0.2) is 0 Å². The van der Waals surface area contributed by atoms with Crippen LogP contribution in [-0.2, 0) is 11.2 Å². The number of rotatable bonds is 3. The predicted molar refractivity (Wildman–Crippen MR) is 76.5 cm³/mol. The van der Waals surface area contributed by atoms with Crippen LogP contribution in [0.1, 0.15) is 12.5 Å². The minimum absolute atomic E-state index is 0.234. The van der Waals surface area contributed by atoms with Gasteiger partial charge in [-0.2, -0.15) is 0 Å². The first kappa shape index (κ1) is 13.6. The zero-order chi connectivity index (χ0) is 13.0. The minimum atomic E-state index is 0.234. The Morgan fingerprint density at radius 2 is 1.89 bits per heavy atom. The van der Waals surface area contributed by atoms with E-state index in [0.717, 1.165) is 42.8 Å². The van der Waals surface area contributed by atoms with Gasteiger partial charge >= 0.3 is 0 Å². The topological polar surface area (TPSA) is 23.6 Å². The van der Waals surface area contributed by atoms with Crippen molar-refractivity contribution in [3.05, 3.63) is 34.3 Å². The lowest BCUT2D eigenvalue weighted by Crippen LogP contribution is -2.48. The van der Waals surface area contributed by atoms with Crippen molar-refractivity contribution in [2.24, 2.45) is 0 Å². The molecule has 1 amide bonds. The van der Waals surface area contributed by atoms with E-state index in [0.29, 0.717) is 6.42 Å². The van der Waals surface area contributed by atoms with E-state index in [1.54, 1.807) is 0 Å². The van der Waals surface area contributed by atoms with Gasteiger partial charge in [-0.1, -0.05) is 41.1 Å². The van der Waals surface area contributed by atoms with Crippen LogP contribution in [0.15, 0.2) is 28.7 Å². The maximum Gasteiger partial charge on any atom is 0.227 e. The monoisotopic (exact) mass is 310 g/mol. The van der Waals surface area contributed by atoms with Gasteiger partial charge in [0.2, 0.25) is 5.91 Å². The van der Waals surface area contributed by atoms with Gasteiger partial charge in [0.05, 0.1) is 6.42 Å². The van der Waals surface area contributed by atoms with E-state index in [-0.39, 0.29) is 5.91 Å². The quantitative estimate of drug-likeness (QED) is 0.854. The highest BCUT2D eigenvalue weighted by molar-refractivity contribution is 9.10. The molecule has 0 N–H and O–H groups in total. The van der Waals surface area contributed by atoms with Gasteiger partial charge in [0, 0.05) is 30.7 Å². The average molecular weight is 311 g/mol. The summed E-state index contributed by atoms with van der Waals surface area (Å²) in [5.74, 6) is 0.234. The Morgan fingerprint density at radius 3 is 2.50 bits per heavy atom. The first-order valence-corrected chi connectivity index (χ1v) is 7.23. The summed E-state index contributed by atoms with van der Waals surface area (Å²) in [5, 5.41) is 0. The summed E-state index contributed by atoms with van der Waals surface area (Å²) in [7, 11) is 0. The van der Waals surface area contributed by atoms with Crippen molar-refractivity contribution in [1.82, 2.24) is 9.80 Å². The number of benzene rings is 1. The zero-order valence-corrected chi connectivity index (χ0v) is 12.3. The number of likely N-dealkylation sites (N-methyl/N-ethyl adjacent to an activating group) is 1. The maximum atomic E-state index is 12.2. The molecule has 4 heteroatoms. The van der Waals surface area contributed by atoms with Crippen molar-refractivity contribution in [3.63, 3.8) is 0 Å². The molecule has 0 aromatic heterocycles. The van der Waals surface area contributed by atoms with Gasteiger partial charge < -0.3 is 9.80 Å². The third-order valence-corrected chi connectivity index (χ3v) is 4.25. The van der Waals surface area contributed by atoms with Crippen molar-refractivity contribution in [1.29, 1.82) is 0 Å². The molecule has 0 atom stereocenters. The molecule has 1 aromatic carbocycles. The van der Waals surface area contributed by atoms with Gasteiger partial charge in [-0.05, 0) is 18.2 Å². The van der Waals surface area contributed by atoms with Crippen LogP contribution in [-0.4, -0.2) is 48.4 Å². The Hall–Kier alpha value is -0.870. The molecule has 0 spiro atoms. The summed E-state index contributed by atoms with van der Waals surface area (Å²) in [6.45, 7) is 6.95. The van der Waals surface area contributed by atoms with E-state index in [1.165, 1.54) is 0 Å². The van der Waals surface area contributed by atoms with Crippen LogP contribution in [0.3, 0.4) is 0 Å². The number of piperazine rings is 1. The number of carbonyl (C=O) groups is 1. The number of amides is 1. The minimum Gasteiger partial charge on any atom is -0.340 e. The highest BCUT2D eigenvalue weighted by Gasteiger charge is 2.20. The summed E-state index contributed by atoms with van der Waals surface area (Å²) < 4.78 is 1.02. The van der Waals surface area contributed by atoms with Crippen LogP contribution in [0.2, 0.25) is 0 Å². The van der Waals surface area contributed by atoms with Crippen LogP contribution >= 0.6 is 15.9 Å². The number of halogens is 1. The molecule has 1 saturated heterocycles. The molecule has 0 radical (unpaired) electrons. The number of carbonyl (C=O) groups excluding carboxylic acids is 1. The number of hydrogen-bond acceptors (Lipinski definition) is 2. The van der Waals surface area contributed by atoms with E-state index in [9.17, 15) is 4.79 Å². The van der Waals surface area contributed by atoms with Crippen LogP contribution in [0.4, 0.5) is 0 Å². The molecule has 1 aromatic rings. The molecule has 18 heavy (non-hydrogen) atoms. The third kappa shape index (κ3) is 3.33. The van der Waals surface area contributed by atoms with Crippen molar-refractivity contribution >= 4 is 21.8 Å². The molecule has 0 bridgehead atoms. The van der Waals surface area contributed by atoms with Crippen molar-refractivity contribution in [2.45, 2.75) is 13.3 Å². The summed E-state index contributed by atoms with van der Waals surface area (Å²) >= 11 is 3.49. The fourth-order valence-electron chi connectivity index (χ4n) is 2.23. The second-order valence-corrected chi connectivity index (χ2v) is 5.44. The lowest BCUT2D eigenvalue weighted by Gasteiger charge is -2.34. The highest BCUT2D eigenvalue weighted by Crippen LogP contribution is 2.17. The number of hydrogen-bond donors (Lipinski definition) is 0. The molecule has 0 saturated carbocycles. The molecule has 0 aliphatic carbocycles. The van der Waals surface area contributed by atoms with Gasteiger partial charge in [-0.3, -0.25) is 4.79 Å². The SMILES string of the molecule is CCN1CCN(C(=O)Cc2ccccc2Br)CC1. The lowest BCUT2D eigenvalue weighted by atomic mass is 10.1. The number of nitrogens with zero attached hydrogens (tertiary/aromatic N) is 2. The molecular weight excluding hydrogens is 292 g/mol. The zero-order valence-electron chi connectivity index (χ0n) is 10.7. The molecule has 1 aliphatic heterocycles. The van der Waals surface area contributed by atoms with Crippen molar-refractivity contribution < 1.29 is 4.79 Å². The normalized spacial score (nSPS) is 16.9. The van der Waals surface area contributed by atoms with E-state index in [2.05, 4.69) is 27.8 Å². The Balaban J connectivity index is 1.91. The average Bonchev–Trinajstić information content (AvgIpc) is 2.41. The van der Waals surface area contributed by atoms with E-state index >= 15 is 0 Å². The Morgan fingerprint density at radius 1 is 1.22 bits per heavy atom. The van der Waals surface area contributed by atoms with Gasteiger partial charge in [0.1, 0.15) is 0 Å². The molecule has 0 unspecified atom stereocenters. The summed E-state index contributed by atoms with van der Waals surface area (Å²) in [5.41, 5.74) is 1.07. The molecule has 1 aliphatic rings. The molecule has 1 fully saturated rings. The van der Waals surface area contributed by atoms with E-state index < -0.39 is 0 Å². The Bertz CT molecular complexity index is 414. The Labute approximate surface area is 117 Å². The Kier molecular flexibility index (Phi) is 4.78. The van der Waals surface area contributed by atoms with Crippen molar-refractivity contribution in [2.75, 3.05) is 32.7 Å². The summed E-state index contributed by atoms with van der Waals surface area (Å²) in [4.78, 5) is 16.6. The fourth-order valence-corrected chi connectivity index (χ4v) is 2.65.